The molecule has 0 aliphatic heterocycles. The molecule has 0 saturated carbocycles. The van der Waals surface area contributed by atoms with Crippen molar-refractivity contribution in [1.82, 2.24) is 9.97 Å². The Kier molecular flexibility index (Phi) is 3.56. The van der Waals surface area contributed by atoms with E-state index in [1.807, 2.05) is 0 Å². The van der Waals surface area contributed by atoms with Crippen LogP contribution < -0.4 is 5.32 Å². The van der Waals surface area contributed by atoms with E-state index in [1.54, 1.807) is 24.3 Å². The van der Waals surface area contributed by atoms with E-state index < -0.39 is 0 Å². The maximum Gasteiger partial charge on any atom is 0.258 e. The highest BCUT2D eigenvalue weighted by Gasteiger charge is 2.10. The lowest BCUT2D eigenvalue weighted by molar-refractivity contribution is 0.102. The predicted molar refractivity (Wildman–Crippen MR) is 66.4 cm³/mol. The lowest BCUT2D eigenvalue weighted by atomic mass is 10.2. The van der Waals surface area contributed by atoms with Crippen molar-refractivity contribution in [3.63, 3.8) is 0 Å². The van der Waals surface area contributed by atoms with Crippen molar-refractivity contribution in [3.05, 3.63) is 52.4 Å². The molecule has 1 aromatic heterocycles. The molecule has 2 rings (SSSR count). The Balaban J connectivity index is 2.20. The Morgan fingerprint density at radius 1 is 1.18 bits per heavy atom. The van der Waals surface area contributed by atoms with Crippen LogP contribution in [0.1, 0.15) is 10.4 Å². The summed E-state index contributed by atoms with van der Waals surface area (Å²) < 4.78 is 0. The summed E-state index contributed by atoms with van der Waals surface area (Å²) in [6.45, 7) is 0. The van der Waals surface area contributed by atoms with Crippen LogP contribution in [0.4, 0.5) is 5.82 Å². The van der Waals surface area contributed by atoms with E-state index in [0.717, 1.165) is 0 Å². The molecule has 1 N–H and O–H groups in total. The third-order valence-corrected chi connectivity index (χ3v) is 2.48. The fourth-order valence-electron chi connectivity index (χ4n) is 1.23. The number of hydrogen-bond donors (Lipinski definition) is 1. The minimum Gasteiger partial charge on any atom is -0.305 e. The van der Waals surface area contributed by atoms with Crippen molar-refractivity contribution in [1.29, 1.82) is 0 Å². The number of amides is 1. The fourth-order valence-corrected chi connectivity index (χ4v) is 1.60. The SMILES string of the molecule is O=C(Nc1cncc(Cl)n1)c1ccccc1Cl. The van der Waals surface area contributed by atoms with Gasteiger partial charge < -0.3 is 5.32 Å². The highest BCUT2D eigenvalue weighted by atomic mass is 35.5. The van der Waals surface area contributed by atoms with Crippen LogP contribution in [0.2, 0.25) is 10.2 Å². The molecule has 2 aromatic rings. The standard InChI is InChI=1S/C11H7Cl2N3O/c12-8-4-2-1-3-7(8)11(17)16-10-6-14-5-9(13)15-10/h1-6H,(H,15,16,17). The van der Waals surface area contributed by atoms with E-state index in [1.165, 1.54) is 12.4 Å². The molecule has 4 nitrogen and oxygen atoms in total. The highest BCUT2D eigenvalue weighted by Crippen LogP contribution is 2.16. The summed E-state index contributed by atoms with van der Waals surface area (Å²) in [4.78, 5) is 19.5. The fraction of sp³-hybridized carbons (Fsp3) is 0. The molecular weight excluding hydrogens is 261 g/mol. The summed E-state index contributed by atoms with van der Waals surface area (Å²) in [5.74, 6) is -0.0745. The number of anilines is 1. The van der Waals surface area contributed by atoms with Gasteiger partial charge in [-0.3, -0.25) is 9.78 Å². The zero-order valence-corrected chi connectivity index (χ0v) is 10.0. The summed E-state index contributed by atoms with van der Waals surface area (Å²) in [6, 6.07) is 6.73. The zero-order chi connectivity index (χ0) is 12.3. The minimum atomic E-state index is -0.354. The summed E-state index contributed by atoms with van der Waals surface area (Å²) in [5.41, 5.74) is 0.371. The van der Waals surface area contributed by atoms with Gasteiger partial charge in [-0.15, -0.1) is 0 Å². The van der Waals surface area contributed by atoms with Gasteiger partial charge in [0.05, 0.1) is 23.0 Å². The van der Waals surface area contributed by atoms with Crippen LogP contribution in [0.5, 0.6) is 0 Å². The van der Waals surface area contributed by atoms with Crippen LogP contribution in [0.15, 0.2) is 36.7 Å². The number of aromatic nitrogens is 2. The number of carbonyl (C=O) groups excluding carboxylic acids is 1. The number of hydrogen-bond acceptors (Lipinski definition) is 3. The summed E-state index contributed by atoms with van der Waals surface area (Å²) in [6.07, 6.45) is 2.79. The molecule has 0 bridgehead atoms. The van der Waals surface area contributed by atoms with Crippen LogP contribution >= 0.6 is 23.2 Å². The first kappa shape index (κ1) is 11.8. The maximum atomic E-state index is 11.8. The van der Waals surface area contributed by atoms with E-state index in [0.29, 0.717) is 10.6 Å². The molecule has 1 aromatic carbocycles. The largest absolute Gasteiger partial charge is 0.305 e. The van der Waals surface area contributed by atoms with Crippen molar-refractivity contribution in [2.75, 3.05) is 5.32 Å². The predicted octanol–water partition coefficient (Wildman–Crippen LogP) is 3.04. The molecule has 0 aliphatic carbocycles. The summed E-state index contributed by atoms with van der Waals surface area (Å²) in [7, 11) is 0. The van der Waals surface area contributed by atoms with E-state index >= 15 is 0 Å². The molecule has 0 radical (unpaired) electrons. The van der Waals surface area contributed by atoms with Crippen LogP contribution in [-0.2, 0) is 0 Å². The van der Waals surface area contributed by atoms with Crippen LogP contribution in [0.3, 0.4) is 0 Å². The molecule has 86 valence electrons. The smallest absolute Gasteiger partial charge is 0.258 e. The highest BCUT2D eigenvalue weighted by molar-refractivity contribution is 6.34. The van der Waals surface area contributed by atoms with E-state index in [9.17, 15) is 4.79 Å². The van der Waals surface area contributed by atoms with Crippen LogP contribution in [0, 0.1) is 0 Å². The number of halogens is 2. The topological polar surface area (TPSA) is 54.9 Å². The van der Waals surface area contributed by atoms with Gasteiger partial charge in [0, 0.05) is 0 Å². The first-order valence-corrected chi connectivity index (χ1v) is 5.46. The van der Waals surface area contributed by atoms with E-state index in [2.05, 4.69) is 15.3 Å². The van der Waals surface area contributed by atoms with Gasteiger partial charge in [0.2, 0.25) is 0 Å². The van der Waals surface area contributed by atoms with Gasteiger partial charge in [-0.1, -0.05) is 35.3 Å². The summed E-state index contributed by atoms with van der Waals surface area (Å²) >= 11 is 11.5. The molecule has 1 heterocycles. The number of benzene rings is 1. The number of carbonyl (C=O) groups is 1. The molecule has 0 unspecified atom stereocenters. The lowest BCUT2D eigenvalue weighted by Crippen LogP contribution is -2.13. The Bertz CT molecular complexity index is 560. The van der Waals surface area contributed by atoms with E-state index in [-0.39, 0.29) is 16.9 Å². The van der Waals surface area contributed by atoms with Crippen molar-refractivity contribution in [2.45, 2.75) is 0 Å². The number of nitrogens with one attached hydrogen (secondary N) is 1. The van der Waals surface area contributed by atoms with Crippen molar-refractivity contribution >= 4 is 34.9 Å². The monoisotopic (exact) mass is 267 g/mol. The van der Waals surface area contributed by atoms with Gasteiger partial charge in [0.1, 0.15) is 5.15 Å². The molecule has 17 heavy (non-hydrogen) atoms. The van der Waals surface area contributed by atoms with Crippen LogP contribution in [0.25, 0.3) is 0 Å². The molecule has 0 atom stereocenters. The van der Waals surface area contributed by atoms with Gasteiger partial charge in [0.25, 0.3) is 5.91 Å². The second-order valence-electron chi connectivity index (χ2n) is 3.16. The van der Waals surface area contributed by atoms with Gasteiger partial charge in [-0.25, -0.2) is 4.98 Å². The molecule has 0 fully saturated rings. The first-order chi connectivity index (χ1) is 8.16. The Labute approximate surface area is 108 Å². The van der Waals surface area contributed by atoms with E-state index in [4.69, 9.17) is 23.2 Å². The second-order valence-corrected chi connectivity index (χ2v) is 3.96. The van der Waals surface area contributed by atoms with Gasteiger partial charge in [-0.2, -0.15) is 0 Å². The molecule has 0 saturated heterocycles. The van der Waals surface area contributed by atoms with Gasteiger partial charge in [0.15, 0.2) is 5.82 Å². The average Bonchev–Trinajstić information content (AvgIpc) is 2.29. The lowest BCUT2D eigenvalue weighted by Gasteiger charge is -2.05. The molecule has 1 amide bonds. The van der Waals surface area contributed by atoms with Gasteiger partial charge >= 0.3 is 0 Å². The van der Waals surface area contributed by atoms with Crippen LogP contribution in [-0.4, -0.2) is 15.9 Å². The Morgan fingerprint density at radius 2 is 1.94 bits per heavy atom. The minimum absolute atomic E-state index is 0.210. The number of nitrogens with zero attached hydrogens (tertiary/aromatic N) is 2. The molecule has 6 heteroatoms. The van der Waals surface area contributed by atoms with Gasteiger partial charge in [-0.05, 0) is 12.1 Å². The quantitative estimate of drug-likeness (QED) is 0.910. The average molecular weight is 268 g/mol. The first-order valence-electron chi connectivity index (χ1n) is 4.70. The zero-order valence-electron chi connectivity index (χ0n) is 8.52. The Morgan fingerprint density at radius 3 is 2.65 bits per heavy atom. The second kappa shape index (κ2) is 5.12. The summed E-state index contributed by atoms with van der Waals surface area (Å²) in [5, 5.41) is 3.14. The third-order valence-electron chi connectivity index (χ3n) is 1.97. The third kappa shape index (κ3) is 2.93. The Hall–Kier alpha value is -1.65. The number of rotatable bonds is 2. The molecule has 0 aliphatic rings. The molecular formula is C11H7Cl2N3O. The van der Waals surface area contributed by atoms with Crippen molar-refractivity contribution < 1.29 is 4.79 Å². The normalized spacial score (nSPS) is 10.0. The maximum absolute atomic E-state index is 11.8. The van der Waals surface area contributed by atoms with Crippen molar-refractivity contribution in [2.24, 2.45) is 0 Å². The molecule has 0 spiro atoms. The van der Waals surface area contributed by atoms with Crippen molar-refractivity contribution in [3.8, 4) is 0 Å².